The summed E-state index contributed by atoms with van der Waals surface area (Å²) in [5.74, 6) is 0.107. The molecule has 102 valence electrons. The number of anilines is 1. The van der Waals surface area contributed by atoms with Gasteiger partial charge in [-0.25, -0.2) is 9.97 Å². The summed E-state index contributed by atoms with van der Waals surface area (Å²) in [6.45, 7) is 0. The molecule has 0 saturated carbocycles. The number of hydrogen-bond donors (Lipinski definition) is 1. The molecule has 0 aliphatic carbocycles. The van der Waals surface area contributed by atoms with E-state index in [0.717, 1.165) is 4.90 Å². The summed E-state index contributed by atoms with van der Waals surface area (Å²) in [4.78, 5) is 21.1. The molecule has 1 atom stereocenters. The third kappa shape index (κ3) is 2.61. The molecule has 1 aromatic heterocycles. The molecule has 1 aromatic carbocycles. The van der Waals surface area contributed by atoms with Crippen molar-refractivity contribution in [1.29, 1.82) is 0 Å². The number of nitrogens with one attached hydrogen (secondary N) is 1. The van der Waals surface area contributed by atoms with Crippen molar-refractivity contribution >= 4 is 46.7 Å². The minimum absolute atomic E-state index is 0.124. The summed E-state index contributed by atoms with van der Waals surface area (Å²) < 4.78 is 0. The Balaban J connectivity index is 1.74. The average Bonchev–Trinajstić information content (AvgIpc) is 2.88. The number of carbonyl (C=O) groups is 1. The molecule has 0 bridgehead atoms. The van der Waals surface area contributed by atoms with Crippen LogP contribution < -0.4 is 5.32 Å². The fraction of sp³-hybridized carbons (Fsp3) is 0.154. The first kappa shape index (κ1) is 13.7. The third-order valence-electron chi connectivity index (χ3n) is 2.93. The highest BCUT2D eigenvalue weighted by Gasteiger charge is 2.28. The molecule has 1 unspecified atom stereocenters. The number of fused-ring (bicyclic) bond motifs is 1. The van der Waals surface area contributed by atoms with Gasteiger partial charge in [-0.2, -0.15) is 0 Å². The smallest absolute Gasteiger partial charge is 0.239 e. The highest BCUT2D eigenvalue weighted by atomic mass is 35.5. The van der Waals surface area contributed by atoms with Gasteiger partial charge in [0.15, 0.2) is 11.0 Å². The van der Waals surface area contributed by atoms with E-state index in [0.29, 0.717) is 6.42 Å². The van der Waals surface area contributed by atoms with Gasteiger partial charge in [0.2, 0.25) is 5.91 Å². The van der Waals surface area contributed by atoms with Crippen molar-refractivity contribution in [2.75, 3.05) is 5.32 Å². The summed E-state index contributed by atoms with van der Waals surface area (Å²) in [5, 5.41) is 2.80. The summed E-state index contributed by atoms with van der Waals surface area (Å²) in [5.41, 5.74) is 1.18. The molecule has 4 nitrogen and oxygen atoms in total. The Kier molecular flexibility index (Phi) is 3.83. The van der Waals surface area contributed by atoms with Gasteiger partial charge < -0.3 is 5.32 Å². The van der Waals surface area contributed by atoms with Crippen LogP contribution in [0.3, 0.4) is 0 Å². The van der Waals surface area contributed by atoms with Crippen molar-refractivity contribution in [2.24, 2.45) is 0 Å². The van der Waals surface area contributed by atoms with Crippen LogP contribution in [-0.2, 0) is 11.2 Å². The molecule has 0 spiro atoms. The predicted molar refractivity (Wildman–Crippen MR) is 80.5 cm³/mol. The van der Waals surface area contributed by atoms with Crippen molar-refractivity contribution in [3.05, 3.63) is 46.3 Å². The maximum absolute atomic E-state index is 12.3. The third-order valence-corrected chi connectivity index (χ3v) is 4.99. The number of halogens is 2. The maximum Gasteiger partial charge on any atom is 0.239 e. The van der Waals surface area contributed by atoms with Crippen molar-refractivity contribution in [1.82, 2.24) is 9.97 Å². The Morgan fingerprint density at radius 3 is 2.90 bits per heavy atom. The molecule has 1 aliphatic rings. The standard InChI is InChI=1S/C13H9Cl2N3OS/c14-10-11(15)16-6-17-12(10)18-13(19)9-5-7-3-1-2-4-8(7)20-9/h1-4,6,9H,5H2,(H,16,17,18,19). The van der Waals surface area contributed by atoms with Gasteiger partial charge in [-0.15, -0.1) is 11.8 Å². The van der Waals surface area contributed by atoms with Crippen LogP contribution in [0.2, 0.25) is 10.2 Å². The number of rotatable bonds is 2. The second kappa shape index (κ2) is 5.60. The van der Waals surface area contributed by atoms with Crippen LogP contribution in [-0.4, -0.2) is 21.1 Å². The van der Waals surface area contributed by atoms with Gasteiger partial charge in [-0.1, -0.05) is 41.4 Å². The first-order valence-electron chi connectivity index (χ1n) is 5.86. The molecule has 0 fully saturated rings. The van der Waals surface area contributed by atoms with E-state index in [1.807, 2.05) is 24.3 Å². The van der Waals surface area contributed by atoms with Crippen molar-refractivity contribution < 1.29 is 4.79 Å². The summed E-state index contributed by atoms with van der Waals surface area (Å²) >= 11 is 13.3. The van der Waals surface area contributed by atoms with E-state index in [1.54, 1.807) is 11.8 Å². The molecule has 3 rings (SSSR count). The summed E-state index contributed by atoms with van der Waals surface area (Å²) in [7, 11) is 0. The maximum atomic E-state index is 12.3. The van der Waals surface area contributed by atoms with Crippen LogP contribution in [0.1, 0.15) is 5.56 Å². The number of benzene rings is 1. The second-order valence-corrected chi connectivity index (χ2v) is 6.22. The van der Waals surface area contributed by atoms with Gasteiger partial charge >= 0.3 is 0 Å². The molecule has 0 radical (unpaired) electrons. The fourth-order valence-corrected chi connectivity index (χ4v) is 3.43. The lowest BCUT2D eigenvalue weighted by atomic mass is 10.1. The van der Waals surface area contributed by atoms with Gasteiger partial charge in [0.1, 0.15) is 11.3 Å². The van der Waals surface area contributed by atoms with Gasteiger partial charge in [0.25, 0.3) is 0 Å². The fourth-order valence-electron chi connectivity index (χ4n) is 1.96. The number of hydrogen-bond acceptors (Lipinski definition) is 4. The molecular formula is C13H9Cl2N3OS. The first-order valence-corrected chi connectivity index (χ1v) is 7.50. The number of thioether (sulfide) groups is 1. The predicted octanol–water partition coefficient (Wildman–Crippen LogP) is 3.44. The Bertz CT molecular complexity index is 655. The Morgan fingerprint density at radius 2 is 2.10 bits per heavy atom. The largest absolute Gasteiger partial charge is 0.308 e. The minimum Gasteiger partial charge on any atom is -0.308 e. The highest BCUT2D eigenvalue weighted by Crippen LogP contribution is 2.37. The number of aromatic nitrogens is 2. The van der Waals surface area contributed by atoms with E-state index in [2.05, 4.69) is 15.3 Å². The van der Waals surface area contributed by atoms with E-state index in [-0.39, 0.29) is 27.2 Å². The lowest BCUT2D eigenvalue weighted by molar-refractivity contribution is -0.115. The van der Waals surface area contributed by atoms with Crippen molar-refractivity contribution in [2.45, 2.75) is 16.6 Å². The Hall–Kier alpha value is -1.30. The molecule has 2 aromatic rings. The van der Waals surface area contributed by atoms with E-state index in [1.165, 1.54) is 11.9 Å². The Labute approximate surface area is 129 Å². The summed E-state index contributed by atoms with van der Waals surface area (Å²) in [6.07, 6.45) is 1.96. The zero-order valence-electron chi connectivity index (χ0n) is 10.1. The molecular weight excluding hydrogens is 317 g/mol. The van der Waals surface area contributed by atoms with Gasteiger partial charge in [-0.05, 0) is 18.1 Å². The number of nitrogens with zero attached hydrogens (tertiary/aromatic N) is 2. The lowest BCUT2D eigenvalue weighted by Gasteiger charge is -2.10. The monoisotopic (exact) mass is 325 g/mol. The van der Waals surface area contributed by atoms with Crippen LogP contribution in [0.25, 0.3) is 0 Å². The average molecular weight is 326 g/mol. The molecule has 1 aliphatic heterocycles. The van der Waals surface area contributed by atoms with Gasteiger partial charge in [-0.3, -0.25) is 4.79 Å². The van der Waals surface area contributed by atoms with Crippen molar-refractivity contribution in [3.63, 3.8) is 0 Å². The second-order valence-electron chi connectivity index (χ2n) is 4.23. The topological polar surface area (TPSA) is 54.9 Å². The minimum atomic E-state index is -0.183. The quantitative estimate of drug-likeness (QED) is 0.859. The van der Waals surface area contributed by atoms with Crippen LogP contribution in [0.5, 0.6) is 0 Å². The first-order chi connectivity index (χ1) is 9.65. The molecule has 1 amide bonds. The SMILES string of the molecule is O=C(Nc1ncnc(Cl)c1Cl)C1Cc2ccccc2S1. The normalized spacial score (nSPS) is 16.8. The van der Waals surface area contributed by atoms with E-state index in [4.69, 9.17) is 23.2 Å². The zero-order chi connectivity index (χ0) is 14.1. The highest BCUT2D eigenvalue weighted by molar-refractivity contribution is 8.01. The van der Waals surface area contributed by atoms with Crippen LogP contribution in [0, 0.1) is 0 Å². The molecule has 20 heavy (non-hydrogen) atoms. The number of carbonyl (C=O) groups excluding carboxylic acids is 1. The van der Waals surface area contributed by atoms with Gasteiger partial charge in [0.05, 0.1) is 5.25 Å². The molecule has 0 saturated heterocycles. The van der Waals surface area contributed by atoms with Crippen molar-refractivity contribution in [3.8, 4) is 0 Å². The Morgan fingerprint density at radius 1 is 1.30 bits per heavy atom. The lowest BCUT2D eigenvalue weighted by Crippen LogP contribution is -2.25. The zero-order valence-corrected chi connectivity index (χ0v) is 12.5. The van der Waals surface area contributed by atoms with Crippen LogP contribution >= 0.6 is 35.0 Å². The molecule has 2 heterocycles. The van der Waals surface area contributed by atoms with Crippen LogP contribution in [0.15, 0.2) is 35.5 Å². The van der Waals surface area contributed by atoms with E-state index < -0.39 is 0 Å². The molecule has 1 N–H and O–H groups in total. The van der Waals surface area contributed by atoms with E-state index in [9.17, 15) is 4.79 Å². The van der Waals surface area contributed by atoms with E-state index >= 15 is 0 Å². The van der Waals surface area contributed by atoms with Crippen LogP contribution in [0.4, 0.5) is 5.82 Å². The molecule has 7 heteroatoms. The van der Waals surface area contributed by atoms with Gasteiger partial charge in [0, 0.05) is 4.90 Å². The number of amides is 1. The summed E-state index contributed by atoms with van der Waals surface area (Å²) in [6, 6.07) is 7.99.